The Balaban J connectivity index is 1.83. The van der Waals surface area contributed by atoms with E-state index < -0.39 is 0 Å². The summed E-state index contributed by atoms with van der Waals surface area (Å²) in [5, 5.41) is 0. The van der Waals surface area contributed by atoms with Gasteiger partial charge in [-0.05, 0) is 29.2 Å². The zero-order valence-electron chi connectivity index (χ0n) is 11.2. The van der Waals surface area contributed by atoms with Gasteiger partial charge in [0.05, 0.1) is 5.69 Å². The van der Waals surface area contributed by atoms with Crippen molar-refractivity contribution in [3.63, 3.8) is 0 Å². The van der Waals surface area contributed by atoms with Gasteiger partial charge in [-0.25, -0.2) is 0 Å². The molecule has 0 saturated heterocycles. The fourth-order valence-electron chi connectivity index (χ4n) is 3.18. The van der Waals surface area contributed by atoms with Crippen molar-refractivity contribution < 1.29 is 0 Å². The van der Waals surface area contributed by atoms with Gasteiger partial charge in [-0.1, -0.05) is 60.7 Å². The summed E-state index contributed by atoms with van der Waals surface area (Å²) in [6.07, 6.45) is 2.93. The number of rotatable bonds is 2. The van der Waals surface area contributed by atoms with Gasteiger partial charge in [-0.2, -0.15) is 0 Å². The molecule has 0 amide bonds. The first-order valence-electron chi connectivity index (χ1n) is 7.01. The summed E-state index contributed by atoms with van der Waals surface area (Å²) in [6, 6.07) is 23.6. The molecule has 1 aliphatic carbocycles. The number of pyridine rings is 1. The molecule has 1 aliphatic rings. The lowest BCUT2D eigenvalue weighted by Gasteiger charge is -2.13. The maximum absolute atomic E-state index is 4.59. The number of aromatic nitrogens is 1. The smallest absolute Gasteiger partial charge is 0.0743 e. The molecule has 1 aromatic heterocycles. The van der Waals surface area contributed by atoms with Crippen molar-refractivity contribution in [1.29, 1.82) is 0 Å². The van der Waals surface area contributed by atoms with E-state index in [1.54, 1.807) is 0 Å². The zero-order valence-corrected chi connectivity index (χ0v) is 11.2. The van der Waals surface area contributed by atoms with E-state index in [-0.39, 0.29) is 0 Å². The van der Waals surface area contributed by atoms with Crippen LogP contribution in [0.3, 0.4) is 0 Å². The summed E-state index contributed by atoms with van der Waals surface area (Å²) in [7, 11) is 0. The first-order chi connectivity index (χ1) is 9.93. The predicted molar refractivity (Wildman–Crippen MR) is 81.7 cm³/mol. The van der Waals surface area contributed by atoms with E-state index >= 15 is 0 Å². The quantitative estimate of drug-likeness (QED) is 0.661. The van der Waals surface area contributed by atoms with Crippen molar-refractivity contribution in [2.75, 3.05) is 0 Å². The molecule has 0 N–H and O–H groups in total. The molecular formula is C19H15N. The van der Waals surface area contributed by atoms with Crippen LogP contribution in [0.15, 0.2) is 72.9 Å². The van der Waals surface area contributed by atoms with Crippen LogP contribution >= 0.6 is 0 Å². The second kappa shape index (κ2) is 4.61. The van der Waals surface area contributed by atoms with E-state index in [1.165, 1.54) is 22.3 Å². The number of hydrogen-bond acceptors (Lipinski definition) is 1. The highest BCUT2D eigenvalue weighted by Crippen LogP contribution is 2.44. The van der Waals surface area contributed by atoms with E-state index in [1.807, 2.05) is 12.3 Å². The van der Waals surface area contributed by atoms with Crippen molar-refractivity contribution in [2.24, 2.45) is 0 Å². The summed E-state index contributed by atoms with van der Waals surface area (Å²) in [5.41, 5.74) is 6.60. The number of benzene rings is 2. The summed E-state index contributed by atoms with van der Waals surface area (Å²) < 4.78 is 0. The minimum Gasteiger partial charge on any atom is -0.256 e. The molecule has 0 aliphatic heterocycles. The fourth-order valence-corrected chi connectivity index (χ4v) is 3.18. The second-order valence-electron chi connectivity index (χ2n) is 5.27. The molecular weight excluding hydrogens is 242 g/mol. The van der Waals surface area contributed by atoms with Crippen LogP contribution in [-0.2, 0) is 6.42 Å². The highest BCUT2D eigenvalue weighted by atomic mass is 14.7. The van der Waals surface area contributed by atoms with Gasteiger partial charge in [0.25, 0.3) is 0 Å². The topological polar surface area (TPSA) is 12.9 Å². The Morgan fingerprint density at radius 3 is 2.40 bits per heavy atom. The van der Waals surface area contributed by atoms with E-state index in [2.05, 4.69) is 65.6 Å². The van der Waals surface area contributed by atoms with E-state index in [9.17, 15) is 0 Å². The van der Waals surface area contributed by atoms with Crippen molar-refractivity contribution in [2.45, 2.75) is 12.3 Å². The largest absolute Gasteiger partial charge is 0.256 e. The molecule has 1 unspecified atom stereocenters. The van der Waals surface area contributed by atoms with Gasteiger partial charge < -0.3 is 0 Å². The van der Waals surface area contributed by atoms with Crippen LogP contribution in [-0.4, -0.2) is 4.98 Å². The second-order valence-corrected chi connectivity index (χ2v) is 5.27. The van der Waals surface area contributed by atoms with Gasteiger partial charge in [-0.15, -0.1) is 0 Å². The molecule has 0 fully saturated rings. The van der Waals surface area contributed by atoms with Gasteiger partial charge in [0.15, 0.2) is 0 Å². The van der Waals surface area contributed by atoms with Crippen LogP contribution < -0.4 is 0 Å². The molecule has 20 heavy (non-hydrogen) atoms. The lowest BCUT2D eigenvalue weighted by molar-refractivity contribution is 0.825. The van der Waals surface area contributed by atoms with Gasteiger partial charge in [-0.3, -0.25) is 4.98 Å². The van der Waals surface area contributed by atoms with Crippen LogP contribution in [0.25, 0.3) is 11.3 Å². The maximum Gasteiger partial charge on any atom is 0.0743 e. The van der Waals surface area contributed by atoms with Crippen molar-refractivity contribution >= 4 is 0 Å². The number of fused-ring (bicyclic) bond motifs is 3. The highest BCUT2D eigenvalue weighted by molar-refractivity contribution is 5.75. The normalized spacial score (nSPS) is 15.7. The van der Waals surface area contributed by atoms with Crippen molar-refractivity contribution in [1.82, 2.24) is 4.98 Å². The average Bonchev–Trinajstić information content (AvgIpc) is 2.84. The van der Waals surface area contributed by atoms with Crippen LogP contribution in [0.5, 0.6) is 0 Å². The molecule has 1 nitrogen and oxygen atoms in total. The first kappa shape index (κ1) is 11.4. The summed E-state index contributed by atoms with van der Waals surface area (Å²) in [4.78, 5) is 4.59. The molecule has 3 aromatic rings. The first-order valence-corrected chi connectivity index (χ1v) is 7.01. The Morgan fingerprint density at radius 1 is 0.750 bits per heavy atom. The minimum absolute atomic E-state index is 0.428. The molecule has 2 aromatic carbocycles. The molecule has 0 bridgehead atoms. The van der Waals surface area contributed by atoms with Crippen LogP contribution in [0.1, 0.15) is 22.6 Å². The maximum atomic E-state index is 4.59. The van der Waals surface area contributed by atoms with Crippen LogP contribution in [0, 0.1) is 0 Å². The van der Waals surface area contributed by atoms with Crippen molar-refractivity contribution in [3.8, 4) is 11.3 Å². The standard InChI is InChI=1S/C19H15N/c1-2-7-14(8-3-1)13-18-15-9-4-5-10-16(15)19-17(18)11-6-12-20-19/h1-12,18H,13H2. The molecule has 0 saturated carbocycles. The Labute approximate surface area is 118 Å². The van der Waals surface area contributed by atoms with Crippen LogP contribution in [0.4, 0.5) is 0 Å². The minimum atomic E-state index is 0.428. The molecule has 0 spiro atoms. The lowest BCUT2D eigenvalue weighted by atomic mass is 9.90. The Hall–Kier alpha value is -2.41. The zero-order chi connectivity index (χ0) is 13.4. The third kappa shape index (κ3) is 1.75. The third-order valence-corrected chi connectivity index (χ3v) is 4.09. The molecule has 96 valence electrons. The Bertz CT molecular complexity index is 701. The van der Waals surface area contributed by atoms with Gasteiger partial charge in [0.1, 0.15) is 0 Å². The molecule has 1 heterocycles. The average molecular weight is 257 g/mol. The van der Waals surface area contributed by atoms with Gasteiger partial charge in [0, 0.05) is 17.7 Å². The van der Waals surface area contributed by atoms with Crippen molar-refractivity contribution in [3.05, 3.63) is 89.6 Å². The molecule has 0 radical (unpaired) electrons. The Kier molecular flexibility index (Phi) is 2.63. The lowest BCUT2D eigenvalue weighted by Crippen LogP contribution is -2.01. The van der Waals surface area contributed by atoms with E-state index in [4.69, 9.17) is 0 Å². The number of hydrogen-bond donors (Lipinski definition) is 0. The summed E-state index contributed by atoms with van der Waals surface area (Å²) in [6.45, 7) is 0. The molecule has 4 rings (SSSR count). The SMILES string of the molecule is c1ccc(CC2c3ccccc3-c3ncccc32)cc1. The van der Waals surface area contributed by atoms with E-state index in [0.29, 0.717) is 5.92 Å². The molecule has 1 atom stereocenters. The fraction of sp³-hybridized carbons (Fsp3) is 0.105. The van der Waals surface area contributed by atoms with E-state index in [0.717, 1.165) is 12.1 Å². The monoisotopic (exact) mass is 257 g/mol. The van der Waals surface area contributed by atoms with Gasteiger partial charge >= 0.3 is 0 Å². The van der Waals surface area contributed by atoms with Gasteiger partial charge in [0.2, 0.25) is 0 Å². The molecule has 1 heteroatoms. The summed E-state index contributed by atoms with van der Waals surface area (Å²) >= 11 is 0. The summed E-state index contributed by atoms with van der Waals surface area (Å²) in [5.74, 6) is 0.428. The Morgan fingerprint density at radius 2 is 1.50 bits per heavy atom. The van der Waals surface area contributed by atoms with Crippen LogP contribution in [0.2, 0.25) is 0 Å². The highest BCUT2D eigenvalue weighted by Gasteiger charge is 2.28. The predicted octanol–water partition coefficient (Wildman–Crippen LogP) is 4.44. The number of nitrogens with zero attached hydrogens (tertiary/aromatic N) is 1. The third-order valence-electron chi connectivity index (χ3n) is 4.09.